The normalized spacial score (nSPS) is 23.3. The smallest absolute Gasteiger partial charge is 0.324 e. The van der Waals surface area contributed by atoms with Gasteiger partial charge in [-0.25, -0.2) is 4.68 Å². The number of carboxylic acid groups (broad SMARTS) is 1. The number of aromatic nitrogens is 4. The molecule has 0 aliphatic carbocycles. The fourth-order valence-corrected chi connectivity index (χ4v) is 3.10. The van der Waals surface area contributed by atoms with E-state index in [9.17, 15) is 9.90 Å². The minimum absolute atomic E-state index is 0.513. The quantitative estimate of drug-likeness (QED) is 0.811. The minimum atomic E-state index is -0.738. The molecule has 0 bridgehead atoms. The molecular formula is C13H23N5O2. The van der Waals surface area contributed by atoms with E-state index >= 15 is 0 Å². The van der Waals surface area contributed by atoms with Crippen molar-refractivity contribution in [1.29, 1.82) is 0 Å². The Morgan fingerprint density at radius 3 is 2.85 bits per heavy atom. The van der Waals surface area contributed by atoms with E-state index < -0.39 is 11.5 Å². The van der Waals surface area contributed by atoms with Gasteiger partial charge in [-0.05, 0) is 42.7 Å². The van der Waals surface area contributed by atoms with Gasteiger partial charge in [0, 0.05) is 6.54 Å². The fraction of sp³-hybridized carbons (Fsp3) is 0.846. The van der Waals surface area contributed by atoms with Crippen molar-refractivity contribution in [2.75, 3.05) is 6.54 Å². The Balaban J connectivity index is 2.18. The third-order valence-electron chi connectivity index (χ3n) is 4.06. The van der Waals surface area contributed by atoms with E-state index in [1.807, 2.05) is 11.8 Å². The maximum atomic E-state index is 11.8. The Bertz CT molecular complexity index is 461. The van der Waals surface area contributed by atoms with E-state index in [1.165, 1.54) is 0 Å². The molecule has 1 aromatic rings. The second-order valence-corrected chi connectivity index (χ2v) is 5.43. The lowest BCUT2D eigenvalue weighted by atomic mass is 9.90. The summed E-state index contributed by atoms with van der Waals surface area (Å²) in [7, 11) is 0. The Morgan fingerprint density at radius 2 is 2.20 bits per heavy atom. The lowest BCUT2D eigenvalue weighted by Gasteiger charge is -2.34. The summed E-state index contributed by atoms with van der Waals surface area (Å²) < 4.78 is 1.77. The maximum absolute atomic E-state index is 11.8. The number of rotatable bonds is 7. The lowest BCUT2D eigenvalue weighted by molar-refractivity contribution is -0.150. The molecule has 7 nitrogen and oxygen atoms in total. The summed E-state index contributed by atoms with van der Waals surface area (Å²) in [5.41, 5.74) is -0.738. The van der Waals surface area contributed by atoms with E-state index in [0.717, 1.165) is 38.2 Å². The third kappa shape index (κ3) is 2.67. The van der Waals surface area contributed by atoms with Crippen LogP contribution in [0.15, 0.2) is 0 Å². The second kappa shape index (κ2) is 6.30. The Morgan fingerprint density at radius 1 is 1.40 bits per heavy atom. The highest BCUT2D eigenvalue weighted by molar-refractivity contribution is 5.79. The highest BCUT2D eigenvalue weighted by atomic mass is 16.4. The highest BCUT2D eigenvalue weighted by Crippen LogP contribution is 2.34. The Hall–Kier alpha value is -1.50. The van der Waals surface area contributed by atoms with Gasteiger partial charge in [-0.15, -0.1) is 5.10 Å². The molecule has 2 heterocycles. The van der Waals surface area contributed by atoms with E-state index in [1.54, 1.807) is 4.68 Å². The molecule has 1 aromatic heterocycles. The monoisotopic (exact) mass is 281 g/mol. The van der Waals surface area contributed by atoms with Crippen LogP contribution in [-0.2, 0) is 17.9 Å². The van der Waals surface area contributed by atoms with Crippen LogP contribution >= 0.6 is 0 Å². The Labute approximate surface area is 119 Å². The van der Waals surface area contributed by atoms with Crippen LogP contribution in [-0.4, -0.2) is 48.3 Å². The number of aliphatic carboxylic acids is 1. The average Bonchev–Trinajstić information content (AvgIpc) is 3.00. The van der Waals surface area contributed by atoms with Crippen molar-refractivity contribution in [3.8, 4) is 0 Å². The van der Waals surface area contributed by atoms with Gasteiger partial charge in [-0.2, -0.15) is 0 Å². The van der Waals surface area contributed by atoms with Crippen LogP contribution in [0.5, 0.6) is 0 Å². The standard InChI is InChI=1S/C13H23N5O2/c1-3-6-13(12(19)20)7-5-9-17(13)10-11-14-15-16-18(11)8-4-2/h3-10H2,1-2H3,(H,19,20). The molecule has 1 atom stereocenters. The minimum Gasteiger partial charge on any atom is -0.480 e. The third-order valence-corrected chi connectivity index (χ3v) is 4.06. The van der Waals surface area contributed by atoms with Crippen molar-refractivity contribution in [2.24, 2.45) is 0 Å². The van der Waals surface area contributed by atoms with Gasteiger partial charge in [-0.3, -0.25) is 9.69 Å². The predicted octanol–water partition coefficient (Wildman–Crippen LogP) is 1.30. The van der Waals surface area contributed by atoms with Gasteiger partial charge < -0.3 is 5.11 Å². The van der Waals surface area contributed by atoms with Gasteiger partial charge in [0.1, 0.15) is 5.54 Å². The molecule has 1 unspecified atom stereocenters. The zero-order valence-corrected chi connectivity index (χ0v) is 12.2. The molecule has 1 fully saturated rings. The molecule has 7 heteroatoms. The van der Waals surface area contributed by atoms with Gasteiger partial charge in [0.05, 0.1) is 6.54 Å². The van der Waals surface area contributed by atoms with Crippen LogP contribution in [0.1, 0.15) is 51.8 Å². The largest absolute Gasteiger partial charge is 0.480 e. The first-order valence-electron chi connectivity index (χ1n) is 7.37. The number of aryl methyl sites for hydroxylation is 1. The lowest BCUT2D eigenvalue weighted by Crippen LogP contribution is -2.50. The molecule has 0 saturated carbocycles. The van der Waals surface area contributed by atoms with Gasteiger partial charge >= 0.3 is 5.97 Å². The summed E-state index contributed by atoms with van der Waals surface area (Å²) in [4.78, 5) is 13.8. The van der Waals surface area contributed by atoms with Crippen LogP contribution in [0.2, 0.25) is 0 Å². The van der Waals surface area contributed by atoms with Gasteiger partial charge in [0.25, 0.3) is 0 Å². The molecule has 2 rings (SSSR count). The zero-order valence-electron chi connectivity index (χ0n) is 12.2. The fourth-order valence-electron chi connectivity index (χ4n) is 3.10. The van der Waals surface area contributed by atoms with Crippen LogP contribution in [0.3, 0.4) is 0 Å². The molecule has 1 aliphatic rings. The number of carboxylic acids is 1. The van der Waals surface area contributed by atoms with Crippen molar-refractivity contribution in [1.82, 2.24) is 25.1 Å². The summed E-state index contributed by atoms with van der Waals surface area (Å²) in [6.07, 6.45) is 4.13. The van der Waals surface area contributed by atoms with Crippen molar-refractivity contribution >= 4 is 5.97 Å². The van der Waals surface area contributed by atoms with Gasteiger partial charge in [0.2, 0.25) is 0 Å². The van der Waals surface area contributed by atoms with Crippen molar-refractivity contribution in [3.63, 3.8) is 0 Å². The number of nitrogens with zero attached hydrogens (tertiary/aromatic N) is 5. The van der Waals surface area contributed by atoms with E-state index in [-0.39, 0.29) is 0 Å². The second-order valence-electron chi connectivity index (χ2n) is 5.43. The van der Waals surface area contributed by atoms with Crippen LogP contribution in [0, 0.1) is 0 Å². The van der Waals surface area contributed by atoms with Crippen molar-refractivity contribution < 1.29 is 9.90 Å². The Kier molecular flexibility index (Phi) is 4.69. The predicted molar refractivity (Wildman–Crippen MR) is 73.0 cm³/mol. The van der Waals surface area contributed by atoms with Crippen LogP contribution in [0.25, 0.3) is 0 Å². The zero-order chi connectivity index (χ0) is 14.6. The van der Waals surface area contributed by atoms with E-state index in [2.05, 4.69) is 22.4 Å². The summed E-state index contributed by atoms with van der Waals surface area (Å²) in [5, 5.41) is 21.4. The van der Waals surface area contributed by atoms with Crippen LogP contribution in [0.4, 0.5) is 0 Å². The first-order valence-corrected chi connectivity index (χ1v) is 7.37. The van der Waals surface area contributed by atoms with Crippen molar-refractivity contribution in [3.05, 3.63) is 5.82 Å². The molecule has 0 aromatic carbocycles. The van der Waals surface area contributed by atoms with Crippen molar-refractivity contribution in [2.45, 2.75) is 64.6 Å². The molecular weight excluding hydrogens is 258 g/mol. The van der Waals surface area contributed by atoms with Gasteiger partial charge in [-0.1, -0.05) is 20.3 Å². The van der Waals surface area contributed by atoms with Gasteiger partial charge in [0.15, 0.2) is 5.82 Å². The summed E-state index contributed by atoms with van der Waals surface area (Å²) in [6, 6.07) is 0. The summed E-state index contributed by atoms with van der Waals surface area (Å²) in [5.74, 6) is 0.0434. The number of hydrogen-bond donors (Lipinski definition) is 1. The van der Waals surface area contributed by atoms with Crippen LogP contribution < -0.4 is 0 Å². The number of tetrazole rings is 1. The SMILES string of the molecule is CCCn1nnnc1CN1CCCC1(CCC)C(=O)O. The number of carbonyl (C=O) groups is 1. The number of likely N-dealkylation sites (tertiary alicyclic amines) is 1. The molecule has 0 amide bonds. The molecule has 1 N–H and O–H groups in total. The first kappa shape index (κ1) is 14.9. The topological polar surface area (TPSA) is 84.1 Å². The van der Waals surface area contributed by atoms with E-state index in [4.69, 9.17) is 0 Å². The summed E-state index contributed by atoms with van der Waals surface area (Å²) >= 11 is 0. The first-order chi connectivity index (χ1) is 9.64. The maximum Gasteiger partial charge on any atom is 0.324 e. The molecule has 0 spiro atoms. The molecule has 1 saturated heterocycles. The molecule has 20 heavy (non-hydrogen) atoms. The molecule has 1 aliphatic heterocycles. The average molecular weight is 281 g/mol. The van der Waals surface area contributed by atoms with E-state index in [0.29, 0.717) is 19.4 Å². The molecule has 0 radical (unpaired) electrons. The summed E-state index contributed by atoms with van der Waals surface area (Å²) in [6.45, 7) is 6.18. The highest BCUT2D eigenvalue weighted by Gasteiger charge is 2.47. The number of hydrogen-bond acceptors (Lipinski definition) is 5. The molecule has 112 valence electrons.